The van der Waals surface area contributed by atoms with Gasteiger partial charge in [-0.3, -0.25) is 0 Å². The molecule has 0 N–H and O–H groups in total. The summed E-state index contributed by atoms with van der Waals surface area (Å²) in [5.41, 5.74) is 1.61. The summed E-state index contributed by atoms with van der Waals surface area (Å²) in [5, 5.41) is 0.0738. The second-order valence-electron chi connectivity index (χ2n) is 12.3. The van der Waals surface area contributed by atoms with E-state index in [1.54, 1.807) is 0 Å². The van der Waals surface area contributed by atoms with Crippen molar-refractivity contribution < 1.29 is 13.7 Å². The molecule has 7 heteroatoms. The van der Waals surface area contributed by atoms with Gasteiger partial charge in [-0.2, -0.15) is 0 Å². The van der Waals surface area contributed by atoms with Crippen molar-refractivity contribution in [3.8, 4) is 5.75 Å². The van der Waals surface area contributed by atoms with Crippen LogP contribution in [0.25, 0.3) is 0 Å². The number of ether oxygens (including phenoxy) is 1. The second-order valence-corrected chi connectivity index (χ2v) is 15.5. The summed E-state index contributed by atoms with van der Waals surface area (Å²) in [5.74, 6) is 0.735. The minimum Gasteiger partial charge on any atom is -0.597 e. The molecule has 2 aromatic carbocycles. The van der Waals surface area contributed by atoms with Crippen LogP contribution in [0.3, 0.4) is 0 Å². The fourth-order valence-electron chi connectivity index (χ4n) is 6.01. The van der Waals surface area contributed by atoms with Gasteiger partial charge in [-0.15, -0.1) is 4.31 Å². The van der Waals surface area contributed by atoms with Crippen LogP contribution in [0.4, 0.5) is 4.39 Å². The van der Waals surface area contributed by atoms with E-state index < -0.39 is 22.8 Å². The minimum atomic E-state index is -1.15. The highest BCUT2D eigenvalue weighted by Crippen LogP contribution is 2.54. The lowest BCUT2D eigenvalue weighted by Crippen LogP contribution is -2.44. The average Bonchev–Trinajstić information content (AvgIpc) is 3.56. The van der Waals surface area contributed by atoms with E-state index in [1.165, 1.54) is 31.7 Å². The molecule has 36 heavy (non-hydrogen) atoms. The van der Waals surface area contributed by atoms with Gasteiger partial charge in [0.05, 0.1) is 11.6 Å². The van der Waals surface area contributed by atoms with Crippen molar-refractivity contribution in [1.29, 1.82) is 0 Å². The third kappa shape index (κ3) is 4.98. The predicted octanol–water partition coefficient (Wildman–Crippen LogP) is 8.20. The first kappa shape index (κ1) is 26.8. The Balaban J connectivity index is 1.33. The van der Waals surface area contributed by atoms with Crippen molar-refractivity contribution >= 4 is 38.9 Å². The van der Waals surface area contributed by atoms with E-state index in [1.807, 2.05) is 30.3 Å². The number of fused-ring (bicyclic) bond motifs is 1. The molecule has 2 heterocycles. The molecule has 0 spiro atoms. The van der Waals surface area contributed by atoms with E-state index >= 15 is 0 Å². The molecule has 0 bridgehead atoms. The lowest BCUT2D eigenvalue weighted by atomic mass is 9.72. The standard InChI is InChI=1S/C29H36BrClFNO2S/c1-27(2)13-10-19(11-14-27)12-15-28(3,4)36(34)33-18-24(33)29(20-8-6-5-7-9-20)17-21-23(35-29)16-22(32)26(31)25(21)30/h5-9,16,19,24H,10-15,17-18H2,1-4H3/t24?,29-,33?,36?/m0/s1. The van der Waals surface area contributed by atoms with Gasteiger partial charge in [0.2, 0.25) is 0 Å². The van der Waals surface area contributed by atoms with E-state index in [2.05, 4.69) is 47.9 Å². The number of hydrogen-bond acceptors (Lipinski definition) is 3. The van der Waals surface area contributed by atoms with Crippen LogP contribution in [0.1, 0.15) is 77.3 Å². The van der Waals surface area contributed by atoms with Gasteiger partial charge in [-0.25, -0.2) is 4.39 Å². The number of halogens is 3. The predicted molar refractivity (Wildman–Crippen MR) is 149 cm³/mol. The smallest absolute Gasteiger partial charge is 0.159 e. The molecule has 0 radical (unpaired) electrons. The molecule has 3 nitrogen and oxygen atoms in total. The molecule has 0 amide bonds. The zero-order chi connectivity index (χ0) is 25.9. The number of benzene rings is 2. The quantitative estimate of drug-likeness (QED) is 0.184. The Morgan fingerprint density at radius 2 is 1.89 bits per heavy atom. The van der Waals surface area contributed by atoms with E-state index in [0.29, 0.717) is 28.6 Å². The van der Waals surface area contributed by atoms with Gasteiger partial charge >= 0.3 is 0 Å². The molecule has 3 unspecified atom stereocenters. The summed E-state index contributed by atoms with van der Waals surface area (Å²) in [6, 6.07) is 11.4. The lowest BCUT2D eigenvalue weighted by molar-refractivity contribution is 0.0830. The van der Waals surface area contributed by atoms with Crippen molar-refractivity contribution in [2.24, 2.45) is 11.3 Å². The molecule has 5 rings (SSSR count). The minimum absolute atomic E-state index is 0.0587. The van der Waals surface area contributed by atoms with Crippen molar-refractivity contribution in [2.45, 2.75) is 89.0 Å². The Hall–Kier alpha value is -0.790. The Labute approximate surface area is 231 Å². The second kappa shape index (κ2) is 9.75. The van der Waals surface area contributed by atoms with Gasteiger partial charge in [0, 0.05) is 33.9 Å². The van der Waals surface area contributed by atoms with Crippen LogP contribution in [-0.2, 0) is 23.4 Å². The van der Waals surface area contributed by atoms with E-state index in [-0.39, 0.29) is 15.8 Å². The third-order valence-corrected chi connectivity index (χ3v) is 12.1. The Bertz CT molecular complexity index is 1120. The summed E-state index contributed by atoms with van der Waals surface area (Å²) in [6.07, 6.45) is 7.74. The van der Waals surface area contributed by atoms with Crippen molar-refractivity contribution in [3.63, 3.8) is 0 Å². The van der Waals surface area contributed by atoms with Crippen LogP contribution in [0.5, 0.6) is 5.75 Å². The Morgan fingerprint density at radius 1 is 1.22 bits per heavy atom. The maximum absolute atomic E-state index is 14.4. The van der Waals surface area contributed by atoms with Crippen molar-refractivity contribution in [1.82, 2.24) is 4.31 Å². The summed E-state index contributed by atoms with van der Waals surface area (Å²) in [6.45, 7) is 9.70. The van der Waals surface area contributed by atoms with E-state index in [9.17, 15) is 8.94 Å². The fourth-order valence-corrected chi connectivity index (χ4v) is 8.31. The summed E-state index contributed by atoms with van der Waals surface area (Å²) >= 11 is 8.55. The topological polar surface area (TPSA) is 35.3 Å². The van der Waals surface area contributed by atoms with Crippen LogP contribution in [0.15, 0.2) is 40.9 Å². The van der Waals surface area contributed by atoms with Crippen LogP contribution >= 0.6 is 27.5 Å². The molecule has 196 valence electrons. The summed E-state index contributed by atoms with van der Waals surface area (Å²) < 4.78 is 37.2. The maximum atomic E-state index is 14.4. The van der Waals surface area contributed by atoms with Gasteiger partial charge < -0.3 is 9.29 Å². The number of hydrogen-bond donors (Lipinski definition) is 0. The highest BCUT2D eigenvalue weighted by atomic mass is 79.9. The normalized spacial score (nSPS) is 28.4. The molecule has 2 fully saturated rings. The summed E-state index contributed by atoms with van der Waals surface area (Å²) in [7, 11) is 0. The first-order valence-corrected chi connectivity index (χ1v) is 15.3. The van der Waals surface area contributed by atoms with Crippen molar-refractivity contribution in [3.05, 3.63) is 62.8 Å². The molecule has 2 aromatic rings. The molecule has 1 saturated carbocycles. The molecule has 2 aliphatic heterocycles. The fraction of sp³-hybridized carbons (Fsp3) is 0.586. The molecular formula is C29H36BrClFNO2S. The van der Waals surface area contributed by atoms with Gasteiger partial charge in [-0.05, 0) is 85.2 Å². The maximum Gasteiger partial charge on any atom is 0.159 e. The average molecular weight is 597 g/mol. The largest absolute Gasteiger partial charge is 0.597 e. The number of rotatable bonds is 7. The first-order chi connectivity index (χ1) is 16.9. The van der Waals surface area contributed by atoms with Crippen LogP contribution in [0.2, 0.25) is 5.02 Å². The Morgan fingerprint density at radius 3 is 2.56 bits per heavy atom. The molecule has 1 saturated heterocycles. The van der Waals surface area contributed by atoms with Crippen LogP contribution < -0.4 is 4.74 Å². The molecule has 0 aromatic heterocycles. The van der Waals surface area contributed by atoms with Gasteiger partial charge in [0.1, 0.15) is 22.4 Å². The van der Waals surface area contributed by atoms with E-state index in [4.69, 9.17) is 16.3 Å². The first-order valence-electron chi connectivity index (χ1n) is 13.0. The monoisotopic (exact) mass is 595 g/mol. The molecular weight excluding hydrogens is 561 g/mol. The third-order valence-electron chi connectivity index (χ3n) is 8.62. The molecule has 4 atom stereocenters. The number of nitrogens with zero attached hydrogens (tertiary/aromatic N) is 1. The molecule has 3 aliphatic rings. The van der Waals surface area contributed by atoms with Gasteiger partial charge in [0.15, 0.2) is 5.60 Å². The highest BCUT2D eigenvalue weighted by molar-refractivity contribution is 9.10. The van der Waals surface area contributed by atoms with Crippen LogP contribution in [-0.4, -0.2) is 26.2 Å². The lowest BCUT2D eigenvalue weighted by Gasteiger charge is -2.36. The zero-order valence-corrected chi connectivity index (χ0v) is 24.7. The van der Waals surface area contributed by atoms with E-state index in [0.717, 1.165) is 29.9 Å². The molecule has 1 aliphatic carbocycles. The van der Waals surface area contributed by atoms with Gasteiger partial charge in [-0.1, -0.05) is 55.8 Å². The highest BCUT2D eigenvalue weighted by Gasteiger charge is 2.64. The summed E-state index contributed by atoms with van der Waals surface area (Å²) in [4.78, 5) is 0. The van der Waals surface area contributed by atoms with Gasteiger partial charge in [0.25, 0.3) is 0 Å². The Kier molecular flexibility index (Phi) is 7.26. The zero-order valence-electron chi connectivity index (χ0n) is 21.6. The SMILES string of the molecule is CC1(C)CCC(CCC(C)(C)[S+]([O-])N2CC2[C@@]2(c3ccccc3)Cc3c(cc(F)c(Cl)c3Br)O2)CC1. The van der Waals surface area contributed by atoms with Crippen LogP contribution in [0, 0.1) is 17.2 Å². The van der Waals surface area contributed by atoms with Crippen molar-refractivity contribution in [2.75, 3.05) is 6.54 Å².